The van der Waals surface area contributed by atoms with Crippen LogP contribution in [0, 0.1) is 0 Å². The summed E-state index contributed by atoms with van der Waals surface area (Å²) < 4.78 is 26.4. The van der Waals surface area contributed by atoms with E-state index in [1.807, 2.05) is 0 Å². The van der Waals surface area contributed by atoms with Gasteiger partial charge in [0.1, 0.15) is 12.4 Å². The summed E-state index contributed by atoms with van der Waals surface area (Å²) in [4.78, 5) is 3.55. The van der Waals surface area contributed by atoms with Crippen molar-refractivity contribution >= 4 is 5.95 Å². The topological polar surface area (TPSA) is 56.7 Å². The molecule has 0 amide bonds. The van der Waals surface area contributed by atoms with Crippen LogP contribution in [0.5, 0.6) is 0 Å². The molecule has 0 radical (unpaired) electrons. The smallest absolute Gasteiger partial charge is 0.267 e. The molecule has 1 unspecified atom stereocenters. The number of nitrogen functional groups attached to an aromatic ring is 1. The minimum Gasteiger partial charge on any atom is -0.367 e. The van der Waals surface area contributed by atoms with E-state index in [1.54, 1.807) is 0 Å². The summed E-state index contributed by atoms with van der Waals surface area (Å²) in [7, 11) is 0. The maximum Gasteiger partial charge on any atom is 0.267 e. The normalized spacial score (nSPS) is 14.7. The van der Waals surface area contributed by atoms with E-state index < -0.39 is 12.0 Å². The van der Waals surface area contributed by atoms with Crippen LogP contribution < -0.4 is 5.73 Å². The van der Waals surface area contributed by atoms with E-state index in [4.69, 9.17) is 5.73 Å². The Kier molecular flexibility index (Phi) is 1.99. The molecule has 1 atom stereocenters. The molecule has 0 aliphatic heterocycles. The Morgan fingerprint density at radius 3 is 2.58 bits per heavy atom. The predicted molar refractivity (Wildman–Crippen MR) is 39.8 cm³/mol. The van der Waals surface area contributed by atoms with Crippen molar-refractivity contribution in [2.75, 3.05) is 5.73 Å². The van der Waals surface area contributed by atoms with Crippen LogP contribution in [-0.4, -0.2) is 20.7 Å². The third kappa shape index (κ3) is 1.69. The lowest BCUT2D eigenvalue weighted by molar-refractivity contribution is -0.0300. The zero-order chi connectivity index (χ0) is 9.35. The van der Waals surface area contributed by atoms with E-state index in [0.29, 0.717) is 0 Å². The molecule has 1 aromatic heterocycles. The molecule has 0 aromatic carbocycles. The van der Waals surface area contributed by atoms with E-state index in [2.05, 4.69) is 10.1 Å². The Hall–Kier alpha value is -1.20. The highest BCUT2D eigenvalue weighted by molar-refractivity contribution is 5.09. The lowest BCUT2D eigenvalue weighted by Crippen LogP contribution is -2.25. The highest BCUT2D eigenvalue weighted by Gasteiger charge is 2.32. The van der Waals surface area contributed by atoms with E-state index >= 15 is 0 Å². The molecule has 2 N–H and O–H groups in total. The van der Waals surface area contributed by atoms with Gasteiger partial charge in [0.05, 0.1) is 0 Å². The zero-order valence-electron chi connectivity index (χ0n) is 6.83. The maximum atomic E-state index is 12.7. The largest absolute Gasteiger partial charge is 0.367 e. The summed E-state index contributed by atoms with van der Waals surface area (Å²) in [6.45, 7) is 2.18. The van der Waals surface area contributed by atoms with Crippen LogP contribution in [0.15, 0.2) is 6.33 Å². The fraction of sp³-hybridized carbons (Fsp3) is 0.667. The summed E-state index contributed by atoms with van der Waals surface area (Å²) in [5.74, 6) is -2.81. The summed E-state index contributed by atoms with van der Waals surface area (Å²) in [5, 5.41) is 3.58. The van der Waals surface area contributed by atoms with Crippen LogP contribution in [0.25, 0.3) is 0 Å². The Bertz CT molecular complexity index is 265. The molecular formula is C6H10F2N4. The highest BCUT2D eigenvalue weighted by atomic mass is 19.3. The van der Waals surface area contributed by atoms with Crippen molar-refractivity contribution in [3.05, 3.63) is 6.33 Å². The second-order valence-corrected chi connectivity index (χ2v) is 2.72. The molecule has 0 aliphatic carbocycles. The Balaban J connectivity index is 2.85. The average molecular weight is 176 g/mol. The van der Waals surface area contributed by atoms with Crippen LogP contribution in [0.2, 0.25) is 0 Å². The summed E-state index contributed by atoms with van der Waals surface area (Å²) in [6, 6.07) is -1.03. The molecule has 0 saturated heterocycles. The molecule has 6 heteroatoms. The third-order valence-electron chi connectivity index (χ3n) is 1.66. The van der Waals surface area contributed by atoms with Crippen molar-refractivity contribution in [2.24, 2.45) is 0 Å². The number of anilines is 1. The summed E-state index contributed by atoms with van der Waals surface area (Å²) >= 11 is 0. The van der Waals surface area contributed by atoms with Crippen molar-refractivity contribution < 1.29 is 8.78 Å². The van der Waals surface area contributed by atoms with Gasteiger partial charge in [0, 0.05) is 6.92 Å². The quantitative estimate of drug-likeness (QED) is 0.733. The number of hydrogen-bond acceptors (Lipinski definition) is 3. The number of nitrogens with two attached hydrogens (primary N) is 1. The molecule has 0 spiro atoms. The number of halogens is 2. The van der Waals surface area contributed by atoms with Gasteiger partial charge in [0.15, 0.2) is 0 Å². The monoisotopic (exact) mass is 176 g/mol. The predicted octanol–water partition coefficient (Wildman–Crippen LogP) is 1.08. The highest BCUT2D eigenvalue weighted by Crippen LogP contribution is 2.26. The Labute approximate surface area is 68.4 Å². The van der Waals surface area contributed by atoms with Gasteiger partial charge < -0.3 is 5.73 Å². The number of hydrogen-bond donors (Lipinski definition) is 1. The first-order chi connectivity index (χ1) is 5.41. The Morgan fingerprint density at radius 2 is 2.25 bits per heavy atom. The van der Waals surface area contributed by atoms with Gasteiger partial charge in [-0.2, -0.15) is 0 Å². The Morgan fingerprint density at radius 1 is 1.67 bits per heavy atom. The molecule has 68 valence electrons. The molecule has 0 aliphatic rings. The minimum atomic E-state index is -2.82. The van der Waals surface area contributed by atoms with Crippen LogP contribution in [-0.2, 0) is 0 Å². The van der Waals surface area contributed by atoms with Gasteiger partial charge in [-0.3, -0.25) is 0 Å². The SMILES string of the molecule is CC(n1cnc(N)n1)C(C)(F)F. The molecule has 4 nitrogen and oxygen atoms in total. The number of alkyl halides is 2. The van der Waals surface area contributed by atoms with Crippen LogP contribution in [0.1, 0.15) is 19.9 Å². The van der Waals surface area contributed by atoms with Crippen molar-refractivity contribution in [2.45, 2.75) is 25.8 Å². The second kappa shape index (κ2) is 2.69. The van der Waals surface area contributed by atoms with Crippen LogP contribution in [0.4, 0.5) is 14.7 Å². The van der Waals surface area contributed by atoms with Gasteiger partial charge in [0.2, 0.25) is 5.95 Å². The fourth-order valence-corrected chi connectivity index (χ4v) is 0.707. The van der Waals surface area contributed by atoms with Crippen molar-refractivity contribution in [1.29, 1.82) is 0 Å². The molecule has 0 saturated carbocycles. The van der Waals surface area contributed by atoms with E-state index in [-0.39, 0.29) is 5.95 Å². The van der Waals surface area contributed by atoms with Gasteiger partial charge in [0.25, 0.3) is 5.92 Å². The van der Waals surface area contributed by atoms with E-state index in [9.17, 15) is 8.78 Å². The zero-order valence-corrected chi connectivity index (χ0v) is 6.83. The first kappa shape index (κ1) is 8.89. The summed E-state index contributed by atoms with van der Waals surface area (Å²) in [6.07, 6.45) is 1.19. The van der Waals surface area contributed by atoms with Gasteiger partial charge >= 0.3 is 0 Å². The van der Waals surface area contributed by atoms with Crippen molar-refractivity contribution in [3.8, 4) is 0 Å². The van der Waals surface area contributed by atoms with Gasteiger partial charge in [-0.25, -0.2) is 18.4 Å². The van der Waals surface area contributed by atoms with Crippen LogP contribution in [0.3, 0.4) is 0 Å². The fourth-order valence-electron chi connectivity index (χ4n) is 0.707. The van der Waals surface area contributed by atoms with Gasteiger partial charge in [-0.1, -0.05) is 0 Å². The first-order valence-corrected chi connectivity index (χ1v) is 3.45. The van der Waals surface area contributed by atoms with E-state index in [1.165, 1.54) is 13.3 Å². The first-order valence-electron chi connectivity index (χ1n) is 3.45. The molecule has 0 fully saturated rings. The molecule has 1 rings (SSSR count). The maximum absolute atomic E-state index is 12.7. The number of rotatable bonds is 2. The standard InChI is InChI=1S/C6H10F2N4/c1-4(6(2,7)8)12-3-10-5(9)11-12/h3-4H,1-2H3,(H2,9,11). The molecule has 1 aromatic rings. The van der Waals surface area contributed by atoms with Gasteiger partial charge in [-0.05, 0) is 6.92 Å². The van der Waals surface area contributed by atoms with Crippen molar-refractivity contribution in [1.82, 2.24) is 14.8 Å². The van der Waals surface area contributed by atoms with E-state index in [0.717, 1.165) is 11.6 Å². The molecule has 1 heterocycles. The summed E-state index contributed by atoms with van der Waals surface area (Å²) in [5.41, 5.74) is 5.17. The lowest BCUT2D eigenvalue weighted by atomic mass is 10.2. The average Bonchev–Trinajstić information content (AvgIpc) is 2.32. The molecular weight excluding hydrogens is 166 g/mol. The molecule has 0 bridgehead atoms. The lowest BCUT2D eigenvalue weighted by Gasteiger charge is -2.18. The third-order valence-corrected chi connectivity index (χ3v) is 1.66. The minimum absolute atomic E-state index is 0.00565. The van der Waals surface area contributed by atoms with Gasteiger partial charge in [-0.15, -0.1) is 5.10 Å². The number of nitrogens with zero attached hydrogens (tertiary/aromatic N) is 3. The second-order valence-electron chi connectivity index (χ2n) is 2.72. The molecule has 12 heavy (non-hydrogen) atoms. The van der Waals surface area contributed by atoms with Crippen LogP contribution >= 0.6 is 0 Å². The number of aromatic nitrogens is 3. The van der Waals surface area contributed by atoms with Crippen molar-refractivity contribution in [3.63, 3.8) is 0 Å².